The average molecular weight is 237 g/mol. The Kier molecular flexibility index (Phi) is 2.67. The lowest BCUT2D eigenvalue weighted by Crippen LogP contribution is -2.26. The van der Waals surface area contributed by atoms with Gasteiger partial charge in [0, 0.05) is 18.9 Å². The molecular formula is C10H9ClN4O. The third-order valence-electron chi connectivity index (χ3n) is 2.42. The van der Waals surface area contributed by atoms with E-state index in [1.165, 1.54) is 11.1 Å². The molecule has 1 atom stereocenters. The maximum Gasteiger partial charge on any atom is 0.228 e. The van der Waals surface area contributed by atoms with Crippen molar-refractivity contribution in [1.82, 2.24) is 9.97 Å². The molecule has 16 heavy (non-hydrogen) atoms. The number of carbonyl (C=O) groups excluding carboxylic acids is 1. The molecule has 2 N–H and O–H groups in total. The van der Waals surface area contributed by atoms with E-state index in [4.69, 9.17) is 23.8 Å². The van der Waals surface area contributed by atoms with Crippen LogP contribution in [0.1, 0.15) is 6.42 Å². The number of hydrogen-bond acceptors (Lipinski definition) is 4. The second kappa shape index (κ2) is 3.99. The van der Waals surface area contributed by atoms with Crippen LogP contribution in [0.25, 0.3) is 0 Å². The molecule has 82 valence electrons. The third kappa shape index (κ3) is 1.79. The molecule has 0 spiro atoms. The molecule has 1 amide bonds. The van der Waals surface area contributed by atoms with Gasteiger partial charge in [-0.2, -0.15) is 4.98 Å². The summed E-state index contributed by atoms with van der Waals surface area (Å²) in [5.41, 5.74) is 6.13. The summed E-state index contributed by atoms with van der Waals surface area (Å²) in [5, 5.41) is 0.0568. The molecule has 2 heterocycles. The van der Waals surface area contributed by atoms with E-state index < -0.39 is 0 Å². The Morgan fingerprint density at radius 2 is 2.44 bits per heavy atom. The van der Waals surface area contributed by atoms with Gasteiger partial charge in [0.1, 0.15) is 5.69 Å². The van der Waals surface area contributed by atoms with E-state index in [0.717, 1.165) is 0 Å². The highest BCUT2D eigenvalue weighted by Gasteiger charge is 2.31. The van der Waals surface area contributed by atoms with E-state index in [2.05, 4.69) is 15.9 Å². The Bertz CT molecular complexity index is 482. The number of aromatic nitrogens is 2. The average Bonchev–Trinajstić information content (AvgIpc) is 2.60. The molecule has 0 saturated carbocycles. The van der Waals surface area contributed by atoms with Crippen LogP contribution < -0.4 is 10.6 Å². The lowest BCUT2D eigenvalue weighted by atomic mass is 10.1. The monoisotopic (exact) mass is 236 g/mol. The van der Waals surface area contributed by atoms with E-state index in [1.54, 1.807) is 0 Å². The molecule has 1 aliphatic rings. The first-order chi connectivity index (χ1) is 7.61. The number of halogens is 1. The molecular weight excluding hydrogens is 228 g/mol. The maximum atomic E-state index is 11.7. The van der Waals surface area contributed by atoms with Gasteiger partial charge in [0.25, 0.3) is 0 Å². The van der Waals surface area contributed by atoms with Crippen molar-refractivity contribution in [3.8, 4) is 12.3 Å². The van der Waals surface area contributed by atoms with Gasteiger partial charge in [0.05, 0.1) is 6.20 Å². The summed E-state index contributed by atoms with van der Waals surface area (Å²) in [6, 6.07) is 0. The van der Waals surface area contributed by atoms with E-state index in [9.17, 15) is 4.79 Å². The minimum absolute atomic E-state index is 0.0568. The Hall–Kier alpha value is -1.80. The zero-order chi connectivity index (χ0) is 11.7. The van der Waals surface area contributed by atoms with Gasteiger partial charge in [-0.25, -0.2) is 4.98 Å². The summed E-state index contributed by atoms with van der Waals surface area (Å²) in [5.74, 6) is 2.59. The molecule has 1 aromatic heterocycles. The fourth-order valence-electron chi connectivity index (χ4n) is 1.63. The van der Waals surface area contributed by atoms with Gasteiger partial charge in [0.2, 0.25) is 11.2 Å². The number of rotatable bonds is 1. The van der Waals surface area contributed by atoms with Crippen LogP contribution in [0.3, 0.4) is 0 Å². The van der Waals surface area contributed by atoms with Gasteiger partial charge in [-0.3, -0.25) is 4.79 Å². The predicted octanol–water partition coefficient (Wildman–Crippen LogP) is 0.698. The second-order valence-electron chi connectivity index (χ2n) is 3.48. The second-order valence-corrected chi connectivity index (χ2v) is 3.82. The highest BCUT2D eigenvalue weighted by atomic mass is 35.5. The minimum atomic E-state index is -0.0809. The minimum Gasteiger partial charge on any atom is -0.382 e. The molecule has 1 fully saturated rings. The first-order valence-corrected chi connectivity index (χ1v) is 5.04. The van der Waals surface area contributed by atoms with Crippen molar-refractivity contribution in [2.45, 2.75) is 6.42 Å². The molecule has 5 nitrogen and oxygen atoms in total. The first-order valence-electron chi connectivity index (χ1n) is 4.66. The van der Waals surface area contributed by atoms with Gasteiger partial charge >= 0.3 is 0 Å². The van der Waals surface area contributed by atoms with Gasteiger partial charge in [-0.1, -0.05) is 0 Å². The fourth-order valence-corrected chi connectivity index (χ4v) is 1.77. The van der Waals surface area contributed by atoms with Crippen molar-refractivity contribution in [1.29, 1.82) is 0 Å². The number of nitrogens with two attached hydrogens (primary N) is 1. The summed E-state index contributed by atoms with van der Waals surface area (Å²) >= 11 is 5.58. The predicted molar refractivity (Wildman–Crippen MR) is 60.7 cm³/mol. The molecule has 1 aliphatic heterocycles. The standard InChI is InChI=1S/C10H9ClN4O/c1-2-6-3-8(16)15(5-6)7-4-13-10(11)14-9(7)12/h1,4,6H,3,5H2,(H2,12,13,14). The largest absolute Gasteiger partial charge is 0.382 e. The number of amides is 1. The Balaban J connectivity index is 2.32. The number of anilines is 2. The molecule has 0 aliphatic carbocycles. The number of carbonyl (C=O) groups is 1. The van der Waals surface area contributed by atoms with Crippen LogP contribution >= 0.6 is 11.6 Å². The molecule has 0 radical (unpaired) electrons. The Labute approximate surface area is 97.6 Å². The Morgan fingerprint density at radius 3 is 3.00 bits per heavy atom. The number of terminal acetylenes is 1. The number of nitrogens with zero attached hydrogens (tertiary/aromatic N) is 3. The molecule has 1 saturated heterocycles. The normalized spacial score (nSPS) is 19.9. The van der Waals surface area contributed by atoms with Crippen LogP contribution in [0.5, 0.6) is 0 Å². The lowest BCUT2D eigenvalue weighted by Gasteiger charge is -2.16. The van der Waals surface area contributed by atoms with E-state index in [0.29, 0.717) is 18.7 Å². The zero-order valence-electron chi connectivity index (χ0n) is 8.35. The highest BCUT2D eigenvalue weighted by Crippen LogP contribution is 2.28. The summed E-state index contributed by atoms with van der Waals surface area (Å²) < 4.78 is 0. The quantitative estimate of drug-likeness (QED) is 0.576. The highest BCUT2D eigenvalue weighted by molar-refractivity contribution is 6.28. The molecule has 1 aromatic rings. The molecule has 1 unspecified atom stereocenters. The third-order valence-corrected chi connectivity index (χ3v) is 2.60. The Morgan fingerprint density at radius 1 is 1.69 bits per heavy atom. The van der Waals surface area contributed by atoms with Gasteiger partial charge in [-0.15, -0.1) is 12.3 Å². The van der Waals surface area contributed by atoms with Crippen molar-refractivity contribution >= 4 is 29.0 Å². The molecule has 6 heteroatoms. The topological polar surface area (TPSA) is 72.1 Å². The molecule has 0 aromatic carbocycles. The number of hydrogen-bond donors (Lipinski definition) is 1. The first kappa shape index (κ1) is 10.7. The van der Waals surface area contributed by atoms with Crippen LogP contribution in [-0.4, -0.2) is 22.4 Å². The van der Waals surface area contributed by atoms with Crippen molar-refractivity contribution in [3.05, 3.63) is 11.5 Å². The maximum absolute atomic E-state index is 11.7. The van der Waals surface area contributed by atoms with Crippen LogP contribution in [0.4, 0.5) is 11.5 Å². The summed E-state index contributed by atoms with van der Waals surface area (Å²) in [4.78, 5) is 20.8. The smallest absolute Gasteiger partial charge is 0.228 e. The van der Waals surface area contributed by atoms with Gasteiger partial charge in [0.15, 0.2) is 5.82 Å². The zero-order valence-corrected chi connectivity index (χ0v) is 9.11. The van der Waals surface area contributed by atoms with Crippen LogP contribution in [0, 0.1) is 18.3 Å². The fraction of sp³-hybridized carbons (Fsp3) is 0.300. The van der Waals surface area contributed by atoms with E-state index >= 15 is 0 Å². The summed E-state index contributed by atoms with van der Waals surface area (Å²) in [7, 11) is 0. The lowest BCUT2D eigenvalue weighted by molar-refractivity contribution is -0.117. The van der Waals surface area contributed by atoms with Gasteiger partial charge in [-0.05, 0) is 11.6 Å². The van der Waals surface area contributed by atoms with Crippen LogP contribution in [0.15, 0.2) is 6.20 Å². The summed E-state index contributed by atoms with van der Waals surface area (Å²) in [6.45, 7) is 0.449. The number of nitrogen functional groups attached to an aromatic ring is 1. The van der Waals surface area contributed by atoms with Crippen molar-refractivity contribution in [3.63, 3.8) is 0 Å². The van der Waals surface area contributed by atoms with Crippen molar-refractivity contribution in [2.24, 2.45) is 5.92 Å². The van der Waals surface area contributed by atoms with Crippen LogP contribution in [-0.2, 0) is 4.79 Å². The summed E-state index contributed by atoms with van der Waals surface area (Å²) in [6.07, 6.45) is 7.05. The van der Waals surface area contributed by atoms with Gasteiger partial charge < -0.3 is 10.6 Å². The molecule has 0 bridgehead atoms. The SMILES string of the molecule is C#CC1CC(=O)N(c2cnc(Cl)nc2N)C1. The van der Waals surface area contributed by atoms with Crippen molar-refractivity contribution in [2.75, 3.05) is 17.2 Å². The molecule has 2 rings (SSSR count). The van der Waals surface area contributed by atoms with E-state index in [-0.39, 0.29) is 22.9 Å². The van der Waals surface area contributed by atoms with Crippen LogP contribution in [0.2, 0.25) is 5.28 Å². The van der Waals surface area contributed by atoms with E-state index in [1.807, 2.05) is 0 Å². The van der Waals surface area contributed by atoms with Crippen molar-refractivity contribution < 1.29 is 4.79 Å².